The van der Waals surface area contributed by atoms with Gasteiger partial charge in [0.05, 0.1) is 17.8 Å². The Kier molecular flexibility index (Phi) is 6.26. The van der Waals surface area contributed by atoms with Crippen LogP contribution in [0.25, 0.3) is 0 Å². The van der Waals surface area contributed by atoms with E-state index in [1.807, 2.05) is 12.1 Å². The highest BCUT2D eigenvalue weighted by Crippen LogP contribution is 2.33. The molecule has 0 aromatic heterocycles. The van der Waals surface area contributed by atoms with E-state index in [0.717, 1.165) is 12.0 Å². The van der Waals surface area contributed by atoms with Crippen LogP contribution in [-0.2, 0) is 17.9 Å². The minimum absolute atomic E-state index is 0.0844. The molecular weight excluding hydrogens is 469 g/mol. The van der Waals surface area contributed by atoms with Crippen LogP contribution >= 0.6 is 11.6 Å². The molecule has 5 rings (SSSR count). The van der Waals surface area contributed by atoms with Crippen LogP contribution in [0.1, 0.15) is 44.7 Å². The number of benzene rings is 3. The van der Waals surface area contributed by atoms with Crippen molar-refractivity contribution in [2.75, 3.05) is 11.4 Å². The second kappa shape index (κ2) is 9.50. The molecule has 0 unspecified atom stereocenters. The number of rotatable bonds is 5. The Hall–Kier alpha value is -3.71. The molecule has 3 aromatic carbocycles. The highest BCUT2D eigenvalue weighted by Gasteiger charge is 2.41. The molecule has 0 radical (unpaired) electrons. The number of anilines is 1. The zero-order valence-electron chi connectivity index (χ0n) is 18.8. The minimum Gasteiger partial charge on any atom is -0.348 e. The van der Waals surface area contributed by atoms with Gasteiger partial charge in [-0.15, -0.1) is 0 Å². The van der Waals surface area contributed by atoms with E-state index in [1.54, 1.807) is 46.2 Å². The monoisotopic (exact) mass is 491 g/mol. The molecule has 1 fully saturated rings. The number of carbonyl (C=O) groups excluding carboxylic acids is 3. The predicted molar refractivity (Wildman–Crippen MR) is 131 cm³/mol. The molecule has 0 aliphatic carbocycles. The zero-order chi connectivity index (χ0) is 24.5. The number of nitrogens with one attached hydrogen (secondary N) is 1. The van der Waals surface area contributed by atoms with E-state index in [4.69, 9.17) is 11.6 Å². The van der Waals surface area contributed by atoms with Crippen LogP contribution in [0.15, 0.2) is 66.7 Å². The lowest BCUT2D eigenvalue weighted by Crippen LogP contribution is -2.44. The highest BCUT2D eigenvalue weighted by atomic mass is 35.5. The Morgan fingerprint density at radius 3 is 2.60 bits per heavy atom. The third-order valence-electron chi connectivity index (χ3n) is 6.50. The molecule has 3 amide bonds. The summed E-state index contributed by atoms with van der Waals surface area (Å²) in [5, 5.41) is 3.03. The summed E-state index contributed by atoms with van der Waals surface area (Å²) in [5.74, 6) is -0.914. The number of para-hydroxylation sites is 1. The molecule has 2 aliphatic rings. The van der Waals surface area contributed by atoms with Gasteiger partial charge in [0.15, 0.2) is 0 Å². The van der Waals surface area contributed by atoms with E-state index in [-0.39, 0.29) is 29.3 Å². The number of nitrogens with zero attached hydrogens (tertiary/aromatic N) is 2. The number of hydrogen-bond acceptors (Lipinski definition) is 3. The fourth-order valence-corrected chi connectivity index (χ4v) is 4.89. The summed E-state index contributed by atoms with van der Waals surface area (Å²) in [6, 6.07) is 17.8. The molecule has 1 N–H and O–H groups in total. The molecular formula is C27H23ClFN3O3. The summed E-state index contributed by atoms with van der Waals surface area (Å²) < 4.78 is 13.2. The average Bonchev–Trinajstić information content (AvgIpc) is 3.34. The van der Waals surface area contributed by atoms with E-state index >= 15 is 0 Å². The van der Waals surface area contributed by atoms with Crippen molar-refractivity contribution < 1.29 is 18.8 Å². The van der Waals surface area contributed by atoms with E-state index in [0.29, 0.717) is 41.9 Å². The molecule has 0 spiro atoms. The van der Waals surface area contributed by atoms with Crippen LogP contribution in [-0.4, -0.2) is 35.2 Å². The number of carbonyl (C=O) groups is 3. The van der Waals surface area contributed by atoms with Crippen molar-refractivity contribution in [3.8, 4) is 0 Å². The van der Waals surface area contributed by atoms with Crippen LogP contribution in [0.5, 0.6) is 0 Å². The predicted octanol–water partition coefficient (Wildman–Crippen LogP) is 4.56. The number of fused-ring (bicyclic) bond motifs is 2. The van der Waals surface area contributed by atoms with Gasteiger partial charge >= 0.3 is 0 Å². The first-order valence-electron chi connectivity index (χ1n) is 11.4. The Bertz CT molecular complexity index is 1310. The largest absolute Gasteiger partial charge is 0.348 e. The third kappa shape index (κ3) is 4.51. The second-order valence-corrected chi connectivity index (χ2v) is 9.12. The summed E-state index contributed by atoms with van der Waals surface area (Å²) in [5.41, 5.74) is 3.04. The number of amides is 3. The number of halogens is 2. The standard InChI is InChI=1S/C27H23ClFN3O3/c28-22-14-20(29)12-11-19(22)15-30-25(33)18-9-7-17(8-10-18)16-32-23-5-2-1-4-21(23)26(34)31-13-3-6-24(31)27(32)35/h1-2,4-5,7-12,14,24H,3,6,13,15-16H2,(H,30,33)/t24-/m1/s1. The van der Waals surface area contributed by atoms with Crippen molar-refractivity contribution in [2.45, 2.75) is 32.0 Å². The molecule has 0 saturated carbocycles. The Morgan fingerprint density at radius 1 is 1.06 bits per heavy atom. The molecule has 3 aromatic rings. The number of hydrogen-bond donors (Lipinski definition) is 1. The minimum atomic E-state index is -0.446. The highest BCUT2D eigenvalue weighted by molar-refractivity contribution is 6.31. The summed E-state index contributed by atoms with van der Waals surface area (Å²) >= 11 is 6.03. The quantitative estimate of drug-likeness (QED) is 0.569. The summed E-state index contributed by atoms with van der Waals surface area (Å²) in [7, 11) is 0. The first-order valence-corrected chi connectivity index (χ1v) is 11.8. The maximum Gasteiger partial charge on any atom is 0.256 e. The lowest BCUT2D eigenvalue weighted by atomic mass is 10.1. The molecule has 6 nitrogen and oxygen atoms in total. The van der Waals surface area contributed by atoms with Crippen LogP contribution < -0.4 is 10.2 Å². The van der Waals surface area contributed by atoms with Gasteiger partial charge in [-0.3, -0.25) is 14.4 Å². The SMILES string of the molecule is O=C(NCc1ccc(F)cc1Cl)c1ccc(CN2C(=O)[C@H]3CCCN3C(=O)c3ccccc32)cc1. The van der Waals surface area contributed by atoms with Crippen molar-refractivity contribution in [2.24, 2.45) is 0 Å². The molecule has 1 saturated heterocycles. The van der Waals surface area contributed by atoms with Gasteiger partial charge in [-0.1, -0.05) is 41.9 Å². The molecule has 178 valence electrons. The van der Waals surface area contributed by atoms with Crippen molar-refractivity contribution in [3.63, 3.8) is 0 Å². The normalized spacial score (nSPS) is 17.1. The van der Waals surface area contributed by atoms with Gasteiger partial charge in [0, 0.05) is 23.7 Å². The van der Waals surface area contributed by atoms with Gasteiger partial charge in [-0.2, -0.15) is 0 Å². The lowest BCUT2D eigenvalue weighted by molar-refractivity contribution is -0.122. The van der Waals surface area contributed by atoms with Crippen molar-refractivity contribution in [1.29, 1.82) is 0 Å². The van der Waals surface area contributed by atoms with Crippen LogP contribution in [0.3, 0.4) is 0 Å². The van der Waals surface area contributed by atoms with Crippen LogP contribution in [0.4, 0.5) is 10.1 Å². The van der Waals surface area contributed by atoms with Gasteiger partial charge in [-0.05, 0) is 60.4 Å². The van der Waals surface area contributed by atoms with Crippen molar-refractivity contribution in [3.05, 3.63) is 99.8 Å². The third-order valence-corrected chi connectivity index (χ3v) is 6.85. The summed E-state index contributed by atoms with van der Waals surface area (Å²) in [6.07, 6.45) is 1.47. The smallest absolute Gasteiger partial charge is 0.256 e. The van der Waals surface area contributed by atoms with Gasteiger partial charge in [0.25, 0.3) is 11.8 Å². The van der Waals surface area contributed by atoms with E-state index in [2.05, 4.69) is 5.32 Å². The van der Waals surface area contributed by atoms with E-state index in [9.17, 15) is 18.8 Å². The summed E-state index contributed by atoms with van der Waals surface area (Å²) in [4.78, 5) is 42.4. The van der Waals surface area contributed by atoms with Gasteiger partial charge in [-0.25, -0.2) is 4.39 Å². The Labute approximate surface area is 207 Å². The maximum absolute atomic E-state index is 13.4. The zero-order valence-corrected chi connectivity index (χ0v) is 19.6. The first-order chi connectivity index (χ1) is 16.9. The van der Waals surface area contributed by atoms with E-state index < -0.39 is 11.9 Å². The lowest BCUT2D eigenvalue weighted by Gasteiger charge is -2.26. The topological polar surface area (TPSA) is 69.7 Å². The molecule has 8 heteroatoms. The maximum atomic E-state index is 13.4. The molecule has 35 heavy (non-hydrogen) atoms. The summed E-state index contributed by atoms with van der Waals surface area (Å²) in [6.45, 7) is 1.05. The van der Waals surface area contributed by atoms with Crippen LogP contribution in [0, 0.1) is 5.82 Å². The second-order valence-electron chi connectivity index (χ2n) is 8.71. The van der Waals surface area contributed by atoms with Crippen molar-refractivity contribution >= 4 is 35.0 Å². The first kappa shape index (κ1) is 23.1. The van der Waals surface area contributed by atoms with Gasteiger partial charge in [0.2, 0.25) is 5.91 Å². The molecule has 2 aliphatic heterocycles. The van der Waals surface area contributed by atoms with Gasteiger partial charge in [0.1, 0.15) is 11.9 Å². The molecule has 1 atom stereocenters. The van der Waals surface area contributed by atoms with Crippen LogP contribution in [0.2, 0.25) is 5.02 Å². The van der Waals surface area contributed by atoms with Crippen molar-refractivity contribution in [1.82, 2.24) is 10.2 Å². The van der Waals surface area contributed by atoms with E-state index in [1.165, 1.54) is 18.2 Å². The Morgan fingerprint density at radius 2 is 1.83 bits per heavy atom. The molecule has 0 bridgehead atoms. The Balaban J connectivity index is 1.32. The van der Waals surface area contributed by atoms with Gasteiger partial charge < -0.3 is 15.1 Å². The average molecular weight is 492 g/mol. The fraction of sp³-hybridized carbons (Fsp3) is 0.222. The molecule has 2 heterocycles. The fourth-order valence-electron chi connectivity index (χ4n) is 4.66.